The molecule has 0 saturated carbocycles. The zero-order valence-corrected chi connectivity index (χ0v) is 29.6. The molecule has 1 saturated heterocycles. The molecule has 10 heteroatoms. The van der Waals surface area contributed by atoms with Crippen molar-refractivity contribution in [3.8, 4) is 11.5 Å². The number of esters is 1. The van der Waals surface area contributed by atoms with E-state index in [1.165, 1.54) is 0 Å². The zero-order chi connectivity index (χ0) is 33.5. The van der Waals surface area contributed by atoms with Crippen molar-refractivity contribution >= 4 is 42.4 Å². The summed E-state index contributed by atoms with van der Waals surface area (Å²) in [7, 11) is -2.91. The highest BCUT2D eigenvalue weighted by Crippen LogP contribution is 2.41. The number of hydrogen-bond acceptors (Lipinski definition) is 7. The zero-order valence-electron chi connectivity index (χ0n) is 27.9. The van der Waals surface area contributed by atoms with Gasteiger partial charge in [0.15, 0.2) is 0 Å². The summed E-state index contributed by atoms with van der Waals surface area (Å²) in [4.78, 5) is 28.3. The molecule has 8 nitrogen and oxygen atoms in total. The maximum Gasteiger partial charge on any atom is 0.410 e. The van der Waals surface area contributed by atoms with Crippen LogP contribution in [0.1, 0.15) is 72.2 Å². The minimum atomic E-state index is -2.91. The maximum absolute atomic E-state index is 13.6. The van der Waals surface area contributed by atoms with E-state index in [0.29, 0.717) is 18.0 Å². The molecule has 0 aliphatic carbocycles. The molecule has 2 aliphatic heterocycles. The minimum absolute atomic E-state index is 0.0727. The molecule has 246 valence electrons. The number of carbonyl (C=O) groups is 2. The van der Waals surface area contributed by atoms with Gasteiger partial charge in [0.2, 0.25) is 5.79 Å². The molecule has 0 radical (unpaired) electrons. The number of cyclic esters (lactones) is 1. The van der Waals surface area contributed by atoms with E-state index in [1.54, 1.807) is 30.9 Å². The van der Waals surface area contributed by atoms with Gasteiger partial charge in [0.25, 0.3) is 8.32 Å². The van der Waals surface area contributed by atoms with Gasteiger partial charge in [-0.1, -0.05) is 93.0 Å². The van der Waals surface area contributed by atoms with Crippen molar-refractivity contribution in [2.45, 2.75) is 90.4 Å². The van der Waals surface area contributed by atoms with Crippen molar-refractivity contribution in [1.29, 1.82) is 0 Å². The summed E-state index contributed by atoms with van der Waals surface area (Å²) >= 11 is 6.41. The third kappa shape index (κ3) is 7.06. The number of nitrogens with zero attached hydrogens (tertiary/aromatic N) is 1. The van der Waals surface area contributed by atoms with Gasteiger partial charge in [-0.3, -0.25) is 4.90 Å². The van der Waals surface area contributed by atoms with Crippen molar-refractivity contribution in [2.24, 2.45) is 0 Å². The summed E-state index contributed by atoms with van der Waals surface area (Å²) in [5.41, 5.74) is -0.537. The van der Waals surface area contributed by atoms with Crippen LogP contribution in [-0.2, 0) is 13.9 Å². The van der Waals surface area contributed by atoms with Crippen molar-refractivity contribution < 1.29 is 33.0 Å². The number of likely N-dealkylation sites (tertiary alicyclic amines) is 1. The van der Waals surface area contributed by atoms with Crippen LogP contribution in [0.3, 0.4) is 0 Å². The Labute approximate surface area is 278 Å². The van der Waals surface area contributed by atoms with Crippen molar-refractivity contribution in [1.82, 2.24) is 4.90 Å². The molecule has 1 fully saturated rings. The molecule has 46 heavy (non-hydrogen) atoms. The summed E-state index contributed by atoms with van der Waals surface area (Å²) in [6.07, 6.45) is -0.262. The van der Waals surface area contributed by atoms with Crippen LogP contribution in [0.2, 0.25) is 10.1 Å². The number of carbonyl (C=O) groups excluding carboxylic acids is 2. The Morgan fingerprint density at radius 2 is 1.54 bits per heavy atom. The normalized spacial score (nSPS) is 19.6. The molecule has 2 aliphatic rings. The Kier molecular flexibility index (Phi) is 9.25. The van der Waals surface area contributed by atoms with Crippen LogP contribution < -0.4 is 19.8 Å². The SMILES string of the molecule is CC(C)(C)OC(=O)N1C[C@H](O[Si](c2ccccc2)(c2ccccc2)C(C)(C)C)C[C@@H]1COc1cc(Cl)cc2c1C(=O)OC(C)(C)O2. The summed E-state index contributed by atoms with van der Waals surface area (Å²) < 4.78 is 30.9. The lowest BCUT2D eigenvalue weighted by molar-refractivity contribution is -0.127. The number of ether oxygens (including phenoxy) is 4. The smallest absolute Gasteiger partial charge is 0.410 e. The van der Waals surface area contributed by atoms with E-state index in [9.17, 15) is 9.59 Å². The first kappa shape index (κ1) is 33.8. The minimum Gasteiger partial charge on any atom is -0.490 e. The Balaban J connectivity index is 1.49. The van der Waals surface area contributed by atoms with Crippen LogP contribution in [0.25, 0.3) is 0 Å². The number of amides is 1. The van der Waals surface area contributed by atoms with Gasteiger partial charge in [0.05, 0.1) is 12.1 Å². The van der Waals surface area contributed by atoms with Gasteiger partial charge in [-0.25, -0.2) is 9.59 Å². The highest BCUT2D eigenvalue weighted by atomic mass is 35.5. The van der Waals surface area contributed by atoms with E-state index in [1.807, 2.05) is 32.9 Å². The average molecular weight is 666 g/mol. The molecule has 0 spiro atoms. The van der Waals surface area contributed by atoms with Crippen LogP contribution >= 0.6 is 11.6 Å². The van der Waals surface area contributed by atoms with Crippen molar-refractivity contribution in [3.63, 3.8) is 0 Å². The first-order chi connectivity index (χ1) is 21.5. The molecule has 0 bridgehead atoms. The highest BCUT2D eigenvalue weighted by Gasteiger charge is 2.53. The standard InChI is InChI=1S/C36H44ClNO7Si/c1-34(2,3)44-33(40)38-22-26(45-46(35(4,5)6,27-15-11-9-12-16-27)28-17-13-10-14-18-28)21-25(38)23-41-29-19-24(37)20-30-31(29)32(39)43-36(7,8)42-30/h9-20,25-26H,21-23H2,1-8H3/t25-,26-/m1/s1. The Morgan fingerprint density at radius 3 is 2.09 bits per heavy atom. The number of hydrogen-bond donors (Lipinski definition) is 0. The van der Waals surface area contributed by atoms with Gasteiger partial charge < -0.3 is 23.4 Å². The summed E-state index contributed by atoms with van der Waals surface area (Å²) in [6, 6.07) is 23.5. The number of fused-ring (bicyclic) bond motifs is 1. The van der Waals surface area contributed by atoms with E-state index in [2.05, 4.69) is 69.3 Å². The fourth-order valence-electron chi connectivity index (χ4n) is 6.30. The van der Waals surface area contributed by atoms with Gasteiger partial charge in [0, 0.05) is 31.5 Å². The van der Waals surface area contributed by atoms with Gasteiger partial charge in [0.1, 0.15) is 29.3 Å². The Bertz CT molecular complexity index is 1530. The Morgan fingerprint density at radius 1 is 0.957 bits per heavy atom. The quantitative estimate of drug-likeness (QED) is 0.199. The highest BCUT2D eigenvalue weighted by molar-refractivity contribution is 6.99. The van der Waals surface area contributed by atoms with E-state index < -0.39 is 37.8 Å². The first-order valence-electron chi connectivity index (χ1n) is 15.7. The molecule has 2 heterocycles. The molecule has 3 aromatic carbocycles. The molecule has 0 unspecified atom stereocenters. The molecule has 0 N–H and O–H groups in total. The average Bonchev–Trinajstić information content (AvgIpc) is 3.35. The van der Waals surface area contributed by atoms with Crippen molar-refractivity contribution in [2.75, 3.05) is 13.2 Å². The van der Waals surface area contributed by atoms with Crippen LogP contribution in [0.4, 0.5) is 4.79 Å². The third-order valence-corrected chi connectivity index (χ3v) is 13.4. The number of rotatable bonds is 7. The molecule has 3 aromatic rings. The van der Waals surface area contributed by atoms with Crippen LogP contribution in [0.5, 0.6) is 11.5 Å². The first-order valence-corrected chi connectivity index (χ1v) is 17.9. The number of halogens is 1. The van der Waals surface area contributed by atoms with E-state index in [4.69, 9.17) is 35.0 Å². The van der Waals surface area contributed by atoms with Crippen LogP contribution in [0, 0.1) is 0 Å². The second-order valence-electron chi connectivity index (χ2n) is 14.4. The molecule has 0 aromatic heterocycles. The third-order valence-electron chi connectivity index (χ3n) is 8.12. The van der Waals surface area contributed by atoms with Crippen LogP contribution in [0.15, 0.2) is 72.8 Å². The van der Waals surface area contributed by atoms with Crippen LogP contribution in [-0.4, -0.2) is 62.0 Å². The van der Waals surface area contributed by atoms with Gasteiger partial charge in [-0.15, -0.1) is 0 Å². The van der Waals surface area contributed by atoms with E-state index >= 15 is 0 Å². The molecule has 5 rings (SSSR count). The maximum atomic E-state index is 13.6. The largest absolute Gasteiger partial charge is 0.490 e. The second kappa shape index (κ2) is 12.6. The predicted octanol–water partition coefficient (Wildman–Crippen LogP) is 6.96. The second-order valence-corrected chi connectivity index (χ2v) is 19.1. The number of benzene rings is 3. The molecule has 1 amide bonds. The topological polar surface area (TPSA) is 83.5 Å². The molecule has 2 atom stereocenters. The van der Waals surface area contributed by atoms with Gasteiger partial charge in [-0.2, -0.15) is 0 Å². The van der Waals surface area contributed by atoms with E-state index in [0.717, 1.165) is 10.4 Å². The van der Waals surface area contributed by atoms with Crippen molar-refractivity contribution in [3.05, 3.63) is 83.4 Å². The molecular formula is C36H44ClNO7Si. The predicted molar refractivity (Wildman–Crippen MR) is 181 cm³/mol. The molecular weight excluding hydrogens is 622 g/mol. The lowest BCUT2D eigenvalue weighted by atomic mass is 10.1. The van der Waals surface area contributed by atoms with E-state index in [-0.39, 0.29) is 34.8 Å². The fourth-order valence-corrected chi connectivity index (χ4v) is 11.2. The monoisotopic (exact) mass is 665 g/mol. The lowest BCUT2D eigenvalue weighted by Crippen LogP contribution is -2.67. The van der Waals surface area contributed by atoms with Gasteiger partial charge in [-0.05, 0) is 48.7 Å². The summed E-state index contributed by atoms with van der Waals surface area (Å²) in [5.74, 6) is -1.20. The summed E-state index contributed by atoms with van der Waals surface area (Å²) in [6.45, 7) is 15.9. The lowest BCUT2D eigenvalue weighted by Gasteiger charge is -2.44. The fraction of sp³-hybridized carbons (Fsp3) is 0.444. The van der Waals surface area contributed by atoms with Gasteiger partial charge >= 0.3 is 12.1 Å². The summed E-state index contributed by atoms with van der Waals surface area (Å²) in [5, 5.41) is 2.42. The Hall–Kier alpha value is -3.53.